The molecule has 0 saturated heterocycles. The fourth-order valence-corrected chi connectivity index (χ4v) is 0.935. The first kappa shape index (κ1) is 9.42. The first-order valence-corrected chi connectivity index (χ1v) is 3.47. The molecule has 14 heavy (non-hydrogen) atoms. The normalized spacial score (nSPS) is 8.71. The van der Waals surface area contributed by atoms with Crippen molar-refractivity contribution in [3.63, 3.8) is 0 Å². The number of nitriles is 2. The van der Waals surface area contributed by atoms with Crippen molar-refractivity contribution in [1.29, 1.82) is 10.5 Å². The number of rotatable bonds is 1. The lowest BCUT2D eigenvalue weighted by atomic mass is 10.2. The summed E-state index contributed by atoms with van der Waals surface area (Å²) in [6.45, 7) is 0. The molecule has 7 heteroatoms. The van der Waals surface area contributed by atoms with Crippen LogP contribution in [-0.4, -0.2) is 10.7 Å². The van der Waals surface area contributed by atoms with Gasteiger partial charge < -0.3 is 11.5 Å². The second-order valence-corrected chi connectivity index (χ2v) is 2.37. The van der Waals surface area contributed by atoms with Crippen LogP contribution in [0.5, 0.6) is 0 Å². The number of hydrogen-bond acceptors (Lipinski definition) is 4. The van der Waals surface area contributed by atoms with Crippen LogP contribution in [-0.2, 0) is 0 Å². The maximum atomic E-state index is 10.5. The van der Waals surface area contributed by atoms with E-state index in [0.29, 0.717) is 0 Å². The first-order valence-electron chi connectivity index (χ1n) is 3.47. The fourth-order valence-electron chi connectivity index (χ4n) is 0.935. The van der Waals surface area contributed by atoms with E-state index in [2.05, 4.69) is 5.43 Å². The van der Waals surface area contributed by atoms with Gasteiger partial charge in [-0.25, -0.2) is 14.9 Å². The Balaban J connectivity index is 3.24. The molecule has 0 aliphatic heterocycles. The van der Waals surface area contributed by atoms with Crippen molar-refractivity contribution in [2.45, 2.75) is 0 Å². The van der Waals surface area contributed by atoms with E-state index in [1.807, 2.05) is 0 Å². The van der Waals surface area contributed by atoms with Gasteiger partial charge in [0.1, 0.15) is 23.5 Å². The van der Waals surface area contributed by atoms with E-state index >= 15 is 0 Å². The topological polar surface area (TPSA) is 134 Å². The number of amides is 2. The standard InChI is InChI=1S/C7H6N6O/c8-1-4-3-13(12-7(11)14)6(10)5(4)2-9/h3H,10H2,(H3,11,12,14). The van der Waals surface area contributed by atoms with E-state index in [0.717, 1.165) is 4.68 Å². The summed E-state index contributed by atoms with van der Waals surface area (Å²) in [6, 6.07) is 2.68. The van der Waals surface area contributed by atoms with Crippen LogP contribution in [0.25, 0.3) is 0 Å². The van der Waals surface area contributed by atoms with Crippen LogP contribution < -0.4 is 16.9 Å². The number of carbonyl (C=O) groups is 1. The van der Waals surface area contributed by atoms with Crippen molar-refractivity contribution in [2.24, 2.45) is 5.73 Å². The number of nitrogen functional groups attached to an aromatic ring is 1. The smallest absolute Gasteiger partial charge is 0.331 e. The van der Waals surface area contributed by atoms with Crippen LogP contribution in [0.15, 0.2) is 6.20 Å². The van der Waals surface area contributed by atoms with Crippen LogP contribution >= 0.6 is 0 Å². The molecule has 0 aliphatic rings. The summed E-state index contributed by atoms with van der Waals surface area (Å²) in [7, 11) is 0. The number of primary amides is 1. The molecule has 0 saturated carbocycles. The monoisotopic (exact) mass is 190 g/mol. The highest BCUT2D eigenvalue weighted by atomic mass is 16.2. The lowest BCUT2D eigenvalue weighted by molar-refractivity contribution is 0.257. The number of nitrogens with zero attached hydrogens (tertiary/aromatic N) is 3. The third-order valence-electron chi connectivity index (χ3n) is 1.51. The maximum Gasteiger partial charge on any atom is 0.331 e. The van der Waals surface area contributed by atoms with Gasteiger partial charge in [0.05, 0.1) is 5.56 Å². The van der Waals surface area contributed by atoms with E-state index < -0.39 is 6.03 Å². The Labute approximate surface area is 79.1 Å². The molecule has 0 aromatic carbocycles. The Hall–Kier alpha value is -2.67. The van der Waals surface area contributed by atoms with Gasteiger partial charge in [0.2, 0.25) is 0 Å². The Bertz CT molecular complexity index is 460. The summed E-state index contributed by atoms with van der Waals surface area (Å²) in [5.41, 5.74) is 12.5. The number of anilines is 1. The molecule has 1 aromatic rings. The minimum atomic E-state index is -0.833. The highest BCUT2D eigenvalue weighted by Gasteiger charge is 2.13. The minimum absolute atomic E-state index is 0.0150. The van der Waals surface area contributed by atoms with Gasteiger partial charge in [0.25, 0.3) is 0 Å². The second-order valence-electron chi connectivity index (χ2n) is 2.37. The summed E-state index contributed by atoms with van der Waals surface area (Å²) in [6.07, 6.45) is 1.22. The fraction of sp³-hybridized carbons (Fsp3) is 0. The van der Waals surface area contributed by atoms with Gasteiger partial charge >= 0.3 is 6.03 Å². The van der Waals surface area contributed by atoms with Crippen LogP contribution in [0, 0.1) is 22.7 Å². The van der Waals surface area contributed by atoms with Gasteiger partial charge in [-0.3, -0.25) is 0 Å². The van der Waals surface area contributed by atoms with Gasteiger partial charge in [0, 0.05) is 6.20 Å². The zero-order chi connectivity index (χ0) is 10.7. The van der Waals surface area contributed by atoms with Gasteiger partial charge in [-0.1, -0.05) is 0 Å². The number of carbonyl (C=O) groups excluding carboxylic acids is 1. The predicted molar refractivity (Wildman–Crippen MR) is 47.2 cm³/mol. The van der Waals surface area contributed by atoms with Crippen LogP contribution in [0.4, 0.5) is 10.6 Å². The largest absolute Gasteiger partial charge is 0.383 e. The zero-order valence-corrected chi connectivity index (χ0v) is 6.98. The van der Waals surface area contributed by atoms with E-state index in [-0.39, 0.29) is 16.9 Å². The van der Waals surface area contributed by atoms with Crippen LogP contribution in [0.2, 0.25) is 0 Å². The Morgan fingerprint density at radius 3 is 2.50 bits per heavy atom. The number of nitrogens with one attached hydrogen (secondary N) is 1. The molecule has 0 fully saturated rings. The molecule has 7 nitrogen and oxygen atoms in total. The molecule has 1 rings (SSSR count). The molecule has 0 spiro atoms. The van der Waals surface area contributed by atoms with Crippen molar-refractivity contribution in [2.75, 3.05) is 11.2 Å². The highest BCUT2D eigenvalue weighted by molar-refractivity contribution is 5.81. The molecular formula is C7H6N6O. The third kappa shape index (κ3) is 1.42. The molecule has 0 atom stereocenters. The molecule has 5 N–H and O–H groups in total. The molecule has 1 aromatic heterocycles. The minimum Gasteiger partial charge on any atom is -0.383 e. The Morgan fingerprint density at radius 1 is 1.50 bits per heavy atom. The van der Waals surface area contributed by atoms with E-state index in [1.165, 1.54) is 6.20 Å². The van der Waals surface area contributed by atoms with Gasteiger partial charge in [0.15, 0.2) is 0 Å². The molecule has 0 aliphatic carbocycles. The summed E-state index contributed by atoms with van der Waals surface area (Å²) in [5, 5.41) is 17.2. The van der Waals surface area contributed by atoms with E-state index in [1.54, 1.807) is 12.1 Å². The Kier molecular flexibility index (Phi) is 2.27. The second kappa shape index (κ2) is 3.37. The highest BCUT2D eigenvalue weighted by Crippen LogP contribution is 2.16. The maximum absolute atomic E-state index is 10.5. The Morgan fingerprint density at radius 2 is 2.14 bits per heavy atom. The van der Waals surface area contributed by atoms with Crippen LogP contribution in [0.3, 0.4) is 0 Å². The van der Waals surface area contributed by atoms with Gasteiger partial charge in [-0.2, -0.15) is 10.5 Å². The quantitative estimate of drug-likeness (QED) is 0.546. The molecular weight excluding hydrogens is 184 g/mol. The van der Waals surface area contributed by atoms with Crippen molar-refractivity contribution >= 4 is 11.8 Å². The number of hydrogen-bond donors (Lipinski definition) is 3. The molecule has 0 bridgehead atoms. The van der Waals surface area contributed by atoms with Crippen molar-refractivity contribution < 1.29 is 4.79 Å². The van der Waals surface area contributed by atoms with Gasteiger partial charge in [-0.05, 0) is 0 Å². The van der Waals surface area contributed by atoms with Crippen molar-refractivity contribution in [3.8, 4) is 12.1 Å². The summed E-state index contributed by atoms with van der Waals surface area (Å²) >= 11 is 0. The molecule has 2 amide bonds. The van der Waals surface area contributed by atoms with Crippen molar-refractivity contribution in [1.82, 2.24) is 4.68 Å². The average Bonchev–Trinajstić information content (AvgIpc) is 2.42. The summed E-state index contributed by atoms with van der Waals surface area (Å²) in [4.78, 5) is 10.5. The lowest BCUT2D eigenvalue weighted by Crippen LogP contribution is -2.28. The molecule has 0 radical (unpaired) electrons. The SMILES string of the molecule is N#Cc1cn(NC(N)=O)c(N)c1C#N. The van der Waals surface area contributed by atoms with Crippen molar-refractivity contribution in [3.05, 3.63) is 17.3 Å². The predicted octanol–water partition coefficient (Wildman–Crippen LogP) is -0.564. The summed E-state index contributed by atoms with van der Waals surface area (Å²) in [5.74, 6) is -0.0251. The third-order valence-corrected chi connectivity index (χ3v) is 1.51. The van der Waals surface area contributed by atoms with Crippen LogP contribution in [0.1, 0.15) is 11.1 Å². The first-order chi connectivity index (χ1) is 6.60. The molecule has 1 heterocycles. The van der Waals surface area contributed by atoms with Gasteiger partial charge in [-0.15, -0.1) is 0 Å². The number of aromatic nitrogens is 1. The van der Waals surface area contributed by atoms with E-state index in [4.69, 9.17) is 22.0 Å². The average molecular weight is 190 g/mol. The molecule has 70 valence electrons. The zero-order valence-electron chi connectivity index (χ0n) is 6.98. The summed E-state index contributed by atoms with van der Waals surface area (Å²) < 4.78 is 1.03. The number of urea groups is 1. The lowest BCUT2D eigenvalue weighted by Gasteiger charge is -2.03. The molecule has 0 unspecified atom stereocenters. The number of nitrogens with two attached hydrogens (primary N) is 2. The van der Waals surface area contributed by atoms with E-state index in [9.17, 15) is 4.79 Å².